The number of ether oxygens (including phenoxy) is 2. The fourth-order valence-electron chi connectivity index (χ4n) is 5.34. The Hall–Kier alpha value is -1.93. The first kappa shape index (κ1) is 20.0. The van der Waals surface area contributed by atoms with E-state index in [-0.39, 0.29) is 5.41 Å². The van der Waals surface area contributed by atoms with Crippen LogP contribution in [0.15, 0.2) is 42.5 Å². The molecule has 0 amide bonds. The lowest BCUT2D eigenvalue weighted by atomic mass is 9.91. The molecule has 2 aromatic rings. The van der Waals surface area contributed by atoms with Gasteiger partial charge in [0.2, 0.25) is 6.79 Å². The van der Waals surface area contributed by atoms with E-state index in [4.69, 9.17) is 9.47 Å². The van der Waals surface area contributed by atoms with Crippen LogP contribution in [-0.4, -0.2) is 40.1 Å². The molecular formula is C23H27N2O4S-. The summed E-state index contributed by atoms with van der Waals surface area (Å²) in [6.07, 6.45) is 2.19. The lowest BCUT2D eigenvalue weighted by Crippen LogP contribution is -2.30. The summed E-state index contributed by atoms with van der Waals surface area (Å²) in [6, 6.07) is 14.6. The van der Waals surface area contributed by atoms with Gasteiger partial charge in [0.15, 0.2) is 11.5 Å². The minimum Gasteiger partial charge on any atom is -0.760 e. The average molecular weight is 428 g/mol. The van der Waals surface area contributed by atoms with Crippen LogP contribution in [0, 0.1) is 11.8 Å². The van der Waals surface area contributed by atoms with Crippen molar-refractivity contribution in [1.29, 1.82) is 0 Å². The number of hydrogen-bond donors (Lipinski definition) is 1. The fourth-order valence-corrected chi connectivity index (χ4v) is 5.62. The molecule has 2 aromatic carbocycles. The monoisotopic (exact) mass is 427 g/mol. The van der Waals surface area contributed by atoms with E-state index in [2.05, 4.69) is 40.8 Å². The number of fused-ring (bicyclic) bond motifs is 2. The average Bonchev–Trinajstić information content (AvgIpc) is 3.15. The minimum atomic E-state index is -2.22. The van der Waals surface area contributed by atoms with Gasteiger partial charge in [-0.3, -0.25) is 4.21 Å². The maximum atomic E-state index is 10.8. The lowest BCUT2D eigenvalue weighted by molar-refractivity contribution is 0.174. The van der Waals surface area contributed by atoms with Gasteiger partial charge in [0.25, 0.3) is 0 Å². The maximum Gasteiger partial charge on any atom is 0.231 e. The van der Waals surface area contributed by atoms with Crippen molar-refractivity contribution in [3.05, 3.63) is 59.2 Å². The summed E-state index contributed by atoms with van der Waals surface area (Å²) in [5.41, 5.74) is 3.88. The maximum absolute atomic E-state index is 10.8. The first-order chi connectivity index (χ1) is 14.5. The van der Waals surface area contributed by atoms with Crippen LogP contribution in [0.25, 0.3) is 0 Å². The standard InChI is InChI=1S/C23H28N2O4S/c1-23(18-6-2-4-17(10-18)12-24-30(26)27)19-13-25(14-20(19)23)9-3-5-16-7-8-21-22(11-16)29-15-28-21/h2,4,6-8,10-11,19-20,24H,3,5,9,12-15H2,1H3,(H,26,27)/p-1. The van der Waals surface area contributed by atoms with Crippen molar-refractivity contribution in [2.45, 2.75) is 31.7 Å². The molecule has 7 heteroatoms. The molecule has 0 aromatic heterocycles. The van der Waals surface area contributed by atoms with Gasteiger partial charge in [-0.1, -0.05) is 37.3 Å². The highest BCUT2D eigenvalue weighted by atomic mass is 32.2. The van der Waals surface area contributed by atoms with Gasteiger partial charge in [-0.25, -0.2) is 4.72 Å². The van der Waals surface area contributed by atoms with Gasteiger partial charge >= 0.3 is 0 Å². The predicted octanol–water partition coefficient (Wildman–Crippen LogP) is 2.75. The second-order valence-corrected chi connectivity index (χ2v) is 9.56. The molecule has 30 heavy (non-hydrogen) atoms. The van der Waals surface area contributed by atoms with Crippen molar-refractivity contribution in [3.8, 4) is 11.5 Å². The highest BCUT2D eigenvalue weighted by Crippen LogP contribution is 2.63. The van der Waals surface area contributed by atoms with E-state index in [1.165, 1.54) is 11.1 Å². The Morgan fingerprint density at radius 1 is 1.13 bits per heavy atom. The number of likely N-dealkylation sites (tertiary alicyclic amines) is 1. The quantitative estimate of drug-likeness (QED) is 0.656. The molecule has 1 saturated heterocycles. The van der Waals surface area contributed by atoms with Crippen LogP contribution in [0.5, 0.6) is 11.5 Å². The molecule has 1 N–H and O–H groups in total. The molecule has 0 radical (unpaired) electrons. The third-order valence-electron chi connectivity index (χ3n) is 7.15. The Labute approximate surface area is 180 Å². The van der Waals surface area contributed by atoms with Gasteiger partial charge in [0.05, 0.1) is 0 Å². The third-order valence-corrected chi connectivity index (χ3v) is 7.53. The van der Waals surface area contributed by atoms with Crippen LogP contribution < -0.4 is 14.2 Å². The first-order valence-electron chi connectivity index (χ1n) is 10.6. The molecule has 3 aliphatic rings. The summed E-state index contributed by atoms with van der Waals surface area (Å²) in [6.45, 7) is 6.46. The molecule has 3 atom stereocenters. The lowest BCUT2D eigenvalue weighted by Gasteiger charge is -2.25. The summed E-state index contributed by atoms with van der Waals surface area (Å²) >= 11 is -2.22. The van der Waals surface area contributed by atoms with Crippen molar-refractivity contribution in [1.82, 2.24) is 9.62 Å². The van der Waals surface area contributed by atoms with Crippen molar-refractivity contribution < 1.29 is 18.2 Å². The molecule has 2 heterocycles. The summed E-state index contributed by atoms with van der Waals surface area (Å²) in [5.74, 6) is 3.10. The number of piperidine rings is 1. The number of nitrogens with one attached hydrogen (secondary N) is 1. The molecule has 6 nitrogen and oxygen atoms in total. The molecule has 1 aliphatic carbocycles. The summed E-state index contributed by atoms with van der Waals surface area (Å²) in [4.78, 5) is 2.59. The molecule has 5 rings (SSSR count). The Balaban J connectivity index is 1.12. The van der Waals surface area contributed by atoms with E-state index >= 15 is 0 Å². The predicted molar refractivity (Wildman–Crippen MR) is 114 cm³/mol. The van der Waals surface area contributed by atoms with E-state index in [0.717, 1.165) is 49.5 Å². The summed E-state index contributed by atoms with van der Waals surface area (Å²) < 4.78 is 34.8. The summed E-state index contributed by atoms with van der Waals surface area (Å²) in [7, 11) is 0. The van der Waals surface area contributed by atoms with E-state index in [1.54, 1.807) is 0 Å². The molecule has 2 aliphatic heterocycles. The van der Waals surface area contributed by atoms with Crippen LogP contribution in [0.2, 0.25) is 0 Å². The highest BCUT2D eigenvalue weighted by Gasteiger charge is 2.65. The normalized spacial score (nSPS) is 27.8. The Morgan fingerprint density at radius 2 is 1.93 bits per heavy atom. The molecule has 2 fully saturated rings. The highest BCUT2D eigenvalue weighted by molar-refractivity contribution is 7.77. The molecule has 3 unspecified atom stereocenters. The number of rotatable bonds is 8. The smallest absolute Gasteiger partial charge is 0.231 e. The zero-order chi connectivity index (χ0) is 20.7. The van der Waals surface area contributed by atoms with Gasteiger partial charge in [-0.2, -0.15) is 0 Å². The van der Waals surface area contributed by atoms with Crippen LogP contribution in [0.3, 0.4) is 0 Å². The molecule has 160 valence electrons. The van der Waals surface area contributed by atoms with Crippen molar-refractivity contribution >= 4 is 11.3 Å². The van der Waals surface area contributed by atoms with Gasteiger partial charge in [0, 0.05) is 36.3 Å². The van der Waals surface area contributed by atoms with E-state index in [1.807, 2.05) is 18.2 Å². The number of nitrogens with zero attached hydrogens (tertiary/aromatic N) is 1. The Kier molecular flexibility index (Phi) is 5.31. The molecular weight excluding hydrogens is 400 g/mol. The van der Waals surface area contributed by atoms with Gasteiger partial charge in [-0.15, -0.1) is 0 Å². The van der Waals surface area contributed by atoms with E-state index in [0.29, 0.717) is 25.2 Å². The second-order valence-electron chi connectivity index (χ2n) is 8.80. The van der Waals surface area contributed by atoms with E-state index in [9.17, 15) is 8.76 Å². The van der Waals surface area contributed by atoms with Crippen molar-refractivity contribution in [2.75, 3.05) is 26.4 Å². The van der Waals surface area contributed by atoms with Crippen LogP contribution >= 0.6 is 0 Å². The van der Waals surface area contributed by atoms with Crippen LogP contribution in [0.4, 0.5) is 0 Å². The topological polar surface area (TPSA) is 73.9 Å². The minimum absolute atomic E-state index is 0.223. The van der Waals surface area contributed by atoms with Gasteiger partial charge in [-0.05, 0) is 60.0 Å². The zero-order valence-corrected chi connectivity index (χ0v) is 18.0. The molecule has 1 saturated carbocycles. The second kappa shape index (κ2) is 7.96. The first-order valence-corrected chi connectivity index (χ1v) is 11.6. The Bertz CT molecular complexity index is 954. The number of aryl methyl sites for hydroxylation is 1. The third kappa shape index (κ3) is 3.75. The van der Waals surface area contributed by atoms with Crippen molar-refractivity contribution in [3.63, 3.8) is 0 Å². The van der Waals surface area contributed by atoms with Crippen LogP contribution in [0.1, 0.15) is 30.0 Å². The van der Waals surface area contributed by atoms with Crippen LogP contribution in [-0.2, 0) is 29.6 Å². The fraction of sp³-hybridized carbons (Fsp3) is 0.478. The number of hydrogen-bond acceptors (Lipinski definition) is 5. The summed E-state index contributed by atoms with van der Waals surface area (Å²) in [5, 5.41) is 0. The zero-order valence-electron chi connectivity index (χ0n) is 17.1. The largest absolute Gasteiger partial charge is 0.760 e. The number of benzene rings is 2. The van der Waals surface area contributed by atoms with Gasteiger partial charge in [0.1, 0.15) is 0 Å². The van der Waals surface area contributed by atoms with E-state index < -0.39 is 11.3 Å². The van der Waals surface area contributed by atoms with Gasteiger partial charge < -0.3 is 18.9 Å². The molecule has 0 bridgehead atoms. The molecule has 0 spiro atoms. The SMILES string of the molecule is CC1(c2cccc(CNS(=O)[O-])c2)C2CN(CCCc3ccc4c(c3)OCO4)CC21. The van der Waals surface area contributed by atoms with Crippen molar-refractivity contribution in [2.24, 2.45) is 11.8 Å². The Morgan fingerprint density at radius 3 is 2.73 bits per heavy atom.